The van der Waals surface area contributed by atoms with E-state index in [9.17, 15) is 0 Å². The van der Waals surface area contributed by atoms with Gasteiger partial charge in [-0.2, -0.15) is 0 Å². The van der Waals surface area contributed by atoms with Crippen LogP contribution in [0.15, 0.2) is 0 Å². The van der Waals surface area contributed by atoms with E-state index in [0.29, 0.717) is 5.41 Å². The molecule has 1 rings (SSSR count). The minimum atomic E-state index is 0.413. The number of hydrogen-bond donors (Lipinski definition) is 1. The largest absolute Gasteiger partial charge is 0.315 e. The molecule has 84 valence electrons. The highest BCUT2D eigenvalue weighted by Crippen LogP contribution is 2.25. The average molecular weight is 198 g/mol. The summed E-state index contributed by atoms with van der Waals surface area (Å²) in [5, 5.41) is 3.53. The van der Waals surface area contributed by atoms with Gasteiger partial charge in [0, 0.05) is 25.7 Å². The topological polar surface area (TPSA) is 15.3 Å². The smallest absolute Gasteiger partial charge is 0.0110 e. The molecule has 0 amide bonds. The zero-order chi connectivity index (χ0) is 10.6. The van der Waals surface area contributed by atoms with E-state index in [1.54, 1.807) is 0 Å². The molecule has 0 atom stereocenters. The monoisotopic (exact) mass is 198 g/mol. The predicted octanol–water partition coefficient (Wildman–Crippen LogP) is 2.11. The first-order valence-electron chi connectivity index (χ1n) is 5.97. The quantitative estimate of drug-likeness (QED) is 0.658. The van der Waals surface area contributed by atoms with E-state index in [-0.39, 0.29) is 0 Å². The zero-order valence-electron chi connectivity index (χ0n) is 10.3. The van der Waals surface area contributed by atoms with Gasteiger partial charge in [0.25, 0.3) is 0 Å². The van der Waals surface area contributed by atoms with E-state index >= 15 is 0 Å². The summed E-state index contributed by atoms with van der Waals surface area (Å²) in [5.74, 6) is 0. The Morgan fingerprint density at radius 1 is 1.29 bits per heavy atom. The third-order valence-electron chi connectivity index (χ3n) is 2.70. The molecule has 1 aliphatic carbocycles. The fourth-order valence-corrected chi connectivity index (χ4v) is 1.72. The molecule has 0 aromatic heterocycles. The van der Waals surface area contributed by atoms with Crippen molar-refractivity contribution < 1.29 is 0 Å². The van der Waals surface area contributed by atoms with Gasteiger partial charge in [-0.1, -0.05) is 27.7 Å². The number of hydrogen-bond acceptors (Lipinski definition) is 2. The molecule has 0 saturated heterocycles. The standard InChI is InChI=1S/C12H26N2/c1-5-14(11-6-7-11)9-8-13-10-12(2,3)4/h11,13H,5-10H2,1-4H3. The van der Waals surface area contributed by atoms with Gasteiger partial charge >= 0.3 is 0 Å². The third-order valence-corrected chi connectivity index (χ3v) is 2.70. The van der Waals surface area contributed by atoms with E-state index in [2.05, 4.69) is 37.9 Å². The van der Waals surface area contributed by atoms with Crippen LogP contribution in [0.4, 0.5) is 0 Å². The summed E-state index contributed by atoms with van der Waals surface area (Å²) < 4.78 is 0. The highest BCUT2D eigenvalue weighted by Gasteiger charge is 2.27. The van der Waals surface area contributed by atoms with Crippen molar-refractivity contribution in [2.24, 2.45) is 5.41 Å². The van der Waals surface area contributed by atoms with Crippen molar-refractivity contribution in [1.29, 1.82) is 0 Å². The van der Waals surface area contributed by atoms with Crippen molar-refractivity contribution in [2.45, 2.75) is 46.6 Å². The lowest BCUT2D eigenvalue weighted by molar-refractivity contribution is 0.269. The molecule has 0 bridgehead atoms. The lowest BCUT2D eigenvalue weighted by atomic mass is 9.97. The Morgan fingerprint density at radius 3 is 2.36 bits per heavy atom. The summed E-state index contributed by atoms with van der Waals surface area (Å²) in [7, 11) is 0. The Bertz CT molecular complexity index is 156. The van der Waals surface area contributed by atoms with Crippen molar-refractivity contribution >= 4 is 0 Å². The maximum absolute atomic E-state index is 3.53. The molecule has 1 aliphatic rings. The van der Waals surface area contributed by atoms with Gasteiger partial charge in [-0.15, -0.1) is 0 Å². The summed E-state index contributed by atoms with van der Waals surface area (Å²) in [6.07, 6.45) is 2.85. The molecule has 0 aliphatic heterocycles. The first-order chi connectivity index (χ1) is 6.53. The van der Waals surface area contributed by atoms with Crippen LogP contribution in [-0.2, 0) is 0 Å². The molecule has 2 heteroatoms. The van der Waals surface area contributed by atoms with Crippen LogP contribution in [0.25, 0.3) is 0 Å². The normalized spacial score (nSPS) is 17.8. The Hall–Kier alpha value is -0.0800. The van der Waals surface area contributed by atoms with Gasteiger partial charge < -0.3 is 5.32 Å². The van der Waals surface area contributed by atoms with Crippen molar-refractivity contribution in [3.05, 3.63) is 0 Å². The van der Waals surface area contributed by atoms with Crippen LogP contribution in [-0.4, -0.2) is 37.1 Å². The van der Waals surface area contributed by atoms with Gasteiger partial charge in [0.15, 0.2) is 0 Å². The van der Waals surface area contributed by atoms with Gasteiger partial charge in [0.05, 0.1) is 0 Å². The number of likely N-dealkylation sites (N-methyl/N-ethyl adjacent to an activating group) is 1. The van der Waals surface area contributed by atoms with Crippen molar-refractivity contribution in [3.8, 4) is 0 Å². The summed E-state index contributed by atoms with van der Waals surface area (Å²) >= 11 is 0. The number of nitrogens with zero attached hydrogens (tertiary/aromatic N) is 1. The predicted molar refractivity (Wildman–Crippen MR) is 62.6 cm³/mol. The van der Waals surface area contributed by atoms with Gasteiger partial charge in [-0.05, 0) is 24.8 Å². The Labute approximate surface area is 89.1 Å². The molecule has 0 unspecified atom stereocenters. The van der Waals surface area contributed by atoms with Gasteiger partial charge in [0.1, 0.15) is 0 Å². The molecule has 1 N–H and O–H groups in total. The molecule has 0 spiro atoms. The van der Waals surface area contributed by atoms with Crippen molar-refractivity contribution in [1.82, 2.24) is 10.2 Å². The highest BCUT2D eigenvalue weighted by molar-refractivity contribution is 4.84. The number of nitrogens with one attached hydrogen (secondary N) is 1. The molecule has 1 saturated carbocycles. The highest BCUT2D eigenvalue weighted by atomic mass is 15.2. The Kier molecular flexibility index (Phi) is 4.39. The second kappa shape index (κ2) is 5.13. The van der Waals surface area contributed by atoms with Gasteiger partial charge in [0.2, 0.25) is 0 Å². The molecule has 0 aromatic carbocycles. The van der Waals surface area contributed by atoms with E-state index in [4.69, 9.17) is 0 Å². The minimum Gasteiger partial charge on any atom is -0.315 e. The molecule has 14 heavy (non-hydrogen) atoms. The lowest BCUT2D eigenvalue weighted by Gasteiger charge is -2.22. The van der Waals surface area contributed by atoms with E-state index in [1.807, 2.05) is 0 Å². The van der Waals surface area contributed by atoms with Crippen LogP contribution in [0, 0.1) is 5.41 Å². The second-order valence-electron chi connectivity index (χ2n) is 5.60. The summed E-state index contributed by atoms with van der Waals surface area (Å²) in [4.78, 5) is 2.59. The molecule has 2 nitrogen and oxygen atoms in total. The van der Waals surface area contributed by atoms with Crippen LogP contribution < -0.4 is 5.32 Å². The summed E-state index contributed by atoms with van der Waals surface area (Å²) in [6.45, 7) is 13.8. The van der Waals surface area contributed by atoms with Crippen LogP contribution in [0.5, 0.6) is 0 Å². The second-order valence-corrected chi connectivity index (χ2v) is 5.60. The maximum Gasteiger partial charge on any atom is 0.0110 e. The first kappa shape index (κ1) is 12.0. The number of rotatable bonds is 6. The first-order valence-corrected chi connectivity index (χ1v) is 5.97. The molecular weight excluding hydrogens is 172 g/mol. The molecule has 0 heterocycles. The Morgan fingerprint density at radius 2 is 1.93 bits per heavy atom. The fourth-order valence-electron chi connectivity index (χ4n) is 1.72. The van der Waals surface area contributed by atoms with Crippen molar-refractivity contribution in [3.63, 3.8) is 0 Å². The Balaban J connectivity index is 2.02. The zero-order valence-corrected chi connectivity index (χ0v) is 10.3. The minimum absolute atomic E-state index is 0.413. The average Bonchev–Trinajstić information content (AvgIpc) is 2.86. The van der Waals surface area contributed by atoms with E-state index in [1.165, 1.54) is 25.9 Å². The van der Waals surface area contributed by atoms with E-state index in [0.717, 1.165) is 19.1 Å². The molecule has 0 radical (unpaired) electrons. The fraction of sp³-hybridized carbons (Fsp3) is 1.00. The molecule has 1 fully saturated rings. The summed E-state index contributed by atoms with van der Waals surface area (Å²) in [5.41, 5.74) is 0.413. The van der Waals surface area contributed by atoms with E-state index < -0.39 is 0 Å². The van der Waals surface area contributed by atoms with Crippen LogP contribution in [0.2, 0.25) is 0 Å². The third kappa shape index (κ3) is 4.97. The SMILES string of the molecule is CCN(CCNCC(C)(C)C)C1CC1. The summed E-state index contributed by atoms with van der Waals surface area (Å²) in [6, 6.07) is 0.913. The molecular formula is C12H26N2. The lowest BCUT2D eigenvalue weighted by Crippen LogP contribution is -2.36. The maximum atomic E-state index is 3.53. The van der Waals surface area contributed by atoms with Crippen LogP contribution >= 0.6 is 0 Å². The molecule has 0 aromatic rings. The van der Waals surface area contributed by atoms with Crippen LogP contribution in [0.1, 0.15) is 40.5 Å². The van der Waals surface area contributed by atoms with Gasteiger partial charge in [-0.3, -0.25) is 4.90 Å². The van der Waals surface area contributed by atoms with Crippen molar-refractivity contribution in [2.75, 3.05) is 26.2 Å². The van der Waals surface area contributed by atoms with Gasteiger partial charge in [-0.25, -0.2) is 0 Å². The van der Waals surface area contributed by atoms with Crippen LogP contribution in [0.3, 0.4) is 0 Å².